The molecule has 4 rings (SSSR count). The zero-order chi connectivity index (χ0) is 17.6. The summed E-state index contributed by atoms with van der Waals surface area (Å²) in [5, 5.41) is 4.17. The minimum atomic E-state index is -4.38. The van der Waals surface area contributed by atoms with Crippen LogP contribution in [0.3, 0.4) is 0 Å². The van der Waals surface area contributed by atoms with Gasteiger partial charge in [0.2, 0.25) is 0 Å². The molecule has 0 atom stereocenters. The number of aromatic nitrogens is 2. The number of rotatable bonds is 3. The van der Waals surface area contributed by atoms with Crippen LogP contribution in [0.25, 0.3) is 21.5 Å². The first-order chi connectivity index (χ1) is 11.9. The molecule has 8 heteroatoms. The Balaban J connectivity index is 1.67. The molecule has 0 saturated heterocycles. The number of hydrogen-bond donors (Lipinski definition) is 0. The fraction of sp³-hybridized carbons (Fsp3) is 0.118. The zero-order valence-corrected chi connectivity index (χ0v) is 14.1. The highest BCUT2D eigenvalue weighted by molar-refractivity contribution is 7.19. The molecule has 4 aromatic rings. The van der Waals surface area contributed by atoms with E-state index in [0.29, 0.717) is 27.9 Å². The Morgan fingerprint density at radius 1 is 1.16 bits per heavy atom. The van der Waals surface area contributed by atoms with Crippen molar-refractivity contribution < 1.29 is 17.7 Å². The van der Waals surface area contributed by atoms with Crippen LogP contribution < -0.4 is 0 Å². The highest BCUT2D eigenvalue weighted by atomic mass is 35.5. The van der Waals surface area contributed by atoms with Crippen LogP contribution >= 0.6 is 22.9 Å². The maximum absolute atomic E-state index is 13.1. The van der Waals surface area contributed by atoms with Crippen LogP contribution in [-0.2, 0) is 12.7 Å². The summed E-state index contributed by atoms with van der Waals surface area (Å²) < 4.78 is 47.0. The molecule has 0 N–H and O–H groups in total. The fourth-order valence-corrected chi connectivity index (χ4v) is 3.72. The molecule has 0 spiro atoms. The number of nitrogens with zero attached hydrogens (tertiary/aromatic N) is 2. The van der Waals surface area contributed by atoms with Gasteiger partial charge in [0.05, 0.1) is 21.3 Å². The van der Waals surface area contributed by atoms with Crippen molar-refractivity contribution in [3.05, 3.63) is 64.3 Å². The van der Waals surface area contributed by atoms with Gasteiger partial charge in [-0.2, -0.15) is 13.2 Å². The molecule has 0 aliphatic carbocycles. The van der Waals surface area contributed by atoms with Crippen LogP contribution in [0.5, 0.6) is 0 Å². The smallest absolute Gasteiger partial charge is 0.355 e. The van der Waals surface area contributed by atoms with Crippen LogP contribution in [0.4, 0.5) is 13.2 Å². The van der Waals surface area contributed by atoms with Crippen molar-refractivity contribution in [2.45, 2.75) is 12.7 Å². The average Bonchev–Trinajstić information content (AvgIpc) is 3.27. The van der Waals surface area contributed by atoms with Gasteiger partial charge >= 0.3 is 6.18 Å². The Hall–Kier alpha value is -2.25. The number of alkyl halides is 3. The van der Waals surface area contributed by atoms with E-state index < -0.39 is 11.7 Å². The quantitative estimate of drug-likeness (QED) is 0.430. The molecule has 0 radical (unpaired) electrons. The van der Waals surface area contributed by atoms with E-state index in [4.69, 9.17) is 16.1 Å². The van der Waals surface area contributed by atoms with E-state index in [0.717, 1.165) is 10.9 Å². The standard InChI is InChI=1S/C17H10ClF3N2OS/c18-16-5-4-15(25-16)14-8-10(22-24-14)9-23-7-6-11-12(17(19,20)21)2-1-3-13(11)23/h1-8H,9H2. The molecule has 0 unspecified atom stereocenters. The van der Waals surface area contributed by atoms with Crippen molar-refractivity contribution in [3.8, 4) is 10.6 Å². The van der Waals surface area contributed by atoms with Gasteiger partial charge in [0.15, 0.2) is 5.76 Å². The van der Waals surface area contributed by atoms with E-state index in [1.54, 1.807) is 29.0 Å². The lowest BCUT2D eigenvalue weighted by Crippen LogP contribution is -2.05. The number of benzene rings is 1. The van der Waals surface area contributed by atoms with Gasteiger partial charge in [-0.3, -0.25) is 0 Å². The molecule has 0 aliphatic heterocycles. The van der Waals surface area contributed by atoms with E-state index in [1.807, 2.05) is 6.07 Å². The first-order valence-electron chi connectivity index (χ1n) is 7.28. The van der Waals surface area contributed by atoms with Gasteiger partial charge in [-0.05, 0) is 30.3 Å². The maximum atomic E-state index is 13.1. The van der Waals surface area contributed by atoms with Crippen molar-refractivity contribution in [1.29, 1.82) is 0 Å². The van der Waals surface area contributed by atoms with E-state index in [2.05, 4.69) is 5.16 Å². The van der Waals surface area contributed by atoms with Gasteiger partial charge in [0.25, 0.3) is 0 Å². The van der Waals surface area contributed by atoms with Crippen LogP contribution in [0.15, 0.2) is 53.2 Å². The van der Waals surface area contributed by atoms with Crippen molar-refractivity contribution in [1.82, 2.24) is 9.72 Å². The lowest BCUT2D eigenvalue weighted by atomic mass is 10.1. The van der Waals surface area contributed by atoms with Gasteiger partial charge in [-0.25, -0.2) is 0 Å². The molecule has 0 aliphatic rings. The normalized spacial score (nSPS) is 12.2. The lowest BCUT2D eigenvalue weighted by molar-refractivity contribution is -0.136. The Morgan fingerprint density at radius 2 is 2.00 bits per heavy atom. The summed E-state index contributed by atoms with van der Waals surface area (Å²) in [7, 11) is 0. The molecule has 1 aromatic carbocycles. The number of hydrogen-bond acceptors (Lipinski definition) is 3. The third-order valence-corrected chi connectivity index (χ3v) is 5.07. The number of halogens is 4. The monoisotopic (exact) mass is 382 g/mol. The van der Waals surface area contributed by atoms with Crippen LogP contribution in [0.1, 0.15) is 11.3 Å². The summed E-state index contributed by atoms with van der Waals surface area (Å²) >= 11 is 7.28. The highest BCUT2D eigenvalue weighted by Gasteiger charge is 2.32. The molecule has 3 aromatic heterocycles. The van der Waals surface area contributed by atoms with Crippen molar-refractivity contribution in [2.24, 2.45) is 0 Å². The molecule has 0 saturated carbocycles. The predicted molar refractivity (Wildman–Crippen MR) is 90.9 cm³/mol. The molecule has 3 nitrogen and oxygen atoms in total. The second-order valence-corrected chi connectivity index (χ2v) is 7.18. The molecule has 0 fully saturated rings. The van der Waals surface area contributed by atoms with Gasteiger partial charge in [-0.1, -0.05) is 22.8 Å². The minimum absolute atomic E-state index is 0.170. The minimum Gasteiger partial charge on any atom is -0.355 e. The molecular formula is C17H10ClF3N2OS. The molecule has 0 bridgehead atoms. The van der Waals surface area contributed by atoms with Crippen LogP contribution in [0.2, 0.25) is 4.34 Å². The van der Waals surface area contributed by atoms with E-state index in [1.165, 1.54) is 23.5 Å². The Bertz CT molecular complexity index is 1050. The number of thiophene rings is 1. The Morgan fingerprint density at radius 3 is 2.72 bits per heavy atom. The predicted octanol–water partition coefficient (Wildman–Crippen LogP) is 6.08. The molecule has 3 heterocycles. The lowest BCUT2D eigenvalue weighted by Gasteiger charge is -2.09. The summed E-state index contributed by atoms with van der Waals surface area (Å²) in [5.41, 5.74) is 0.478. The molecule has 0 amide bonds. The van der Waals surface area contributed by atoms with Crippen LogP contribution in [0, 0.1) is 0 Å². The third kappa shape index (κ3) is 3.05. The molecule has 25 heavy (non-hydrogen) atoms. The summed E-state index contributed by atoms with van der Waals surface area (Å²) in [4.78, 5) is 0.848. The Labute approximate surface area is 149 Å². The van der Waals surface area contributed by atoms with Gasteiger partial charge in [-0.15, -0.1) is 11.3 Å². The largest absolute Gasteiger partial charge is 0.417 e. The van der Waals surface area contributed by atoms with Crippen molar-refractivity contribution >= 4 is 33.8 Å². The average molecular weight is 383 g/mol. The zero-order valence-electron chi connectivity index (χ0n) is 12.5. The number of fused-ring (bicyclic) bond motifs is 1. The maximum Gasteiger partial charge on any atom is 0.417 e. The van der Waals surface area contributed by atoms with Gasteiger partial charge in [0.1, 0.15) is 5.69 Å². The first kappa shape index (κ1) is 16.2. The van der Waals surface area contributed by atoms with Crippen LogP contribution in [-0.4, -0.2) is 9.72 Å². The summed E-state index contributed by atoms with van der Waals surface area (Å²) in [6.45, 7) is 0.313. The van der Waals surface area contributed by atoms with Crippen molar-refractivity contribution in [2.75, 3.05) is 0 Å². The van der Waals surface area contributed by atoms with Crippen molar-refractivity contribution in [3.63, 3.8) is 0 Å². The topological polar surface area (TPSA) is 31.0 Å². The second-order valence-electron chi connectivity index (χ2n) is 5.47. The second kappa shape index (κ2) is 5.93. The van der Waals surface area contributed by atoms with E-state index in [-0.39, 0.29) is 5.39 Å². The summed E-state index contributed by atoms with van der Waals surface area (Å²) in [5.74, 6) is 0.583. The fourth-order valence-electron chi connectivity index (χ4n) is 2.73. The van der Waals surface area contributed by atoms with E-state index in [9.17, 15) is 13.2 Å². The first-order valence-corrected chi connectivity index (χ1v) is 8.47. The highest BCUT2D eigenvalue weighted by Crippen LogP contribution is 2.35. The van der Waals surface area contributed by atoms with Gasteiger partial charge < -0.3 is 9.09 Å². The Kier molecular flexibility index (Phi) is 3.85. The molecular weight excluding hydrogens is 373 g/mol. The molecule has 128 valence electrons. The SMILES string of the molecule is FC(F)(F)c1cccc2c1ccn2Cc1cc(-c2ccc(Cl)s2)on1. The van der Waals surface area contributed by atoms with E-state index >= 15 is 0 Å². The third-order valence-electron chi connectivity index (χ3n) is 3.83. The summed E-state index contributed by atoms with van der Waals surface area (Å²) in [6.07, 6.45) is -2.76. The van der Waals surface area contributed by atoms with Gasteiger partial charge in [0, 0.05) is 23.2 Å². The summed E-state index contributed by atoms with van der Waals surface area (Å²) in [6, 6.07) is 11.0.